The predicted molar refractivity (Wildman–Crippen MR) is 100.0 cm³/mol. The molecule has 6 heteroatoms. The second-order valence-corrected chi connectivity index (χ2v) is 7.50. The van der Waals surface area contributed by atoms with Gasteiger partial charge in [0, 0.05) is 35.3 Å². The summed E-state index contributed by atoms with van der Waals surface area (Å²) < 4.78 is 0. The topological polar surface area (TPSA) is 66.9 Å². The van der Waals surface area contributed by atoms with E-state index in [4.69, 9.17) is 16.6 Å². The summed E-state index contributed by atoms with van der Waals surface area (Å²) in [6.07, 6.45) is 6.72. The molecule has 0 unspecified atom stereocenters. The van der Waals surface area contributed by atoms with Crippen molar-refractivity contribution >= 4 is 34.2 Å². The van der Waals surface area contributed by atoms with Gasteiger partial charge in [0.2, 0.25) is 5.91 Å². The van der Waals surface area contributed by atoms with Gasteiger partial charge in [-0.3, -0.25) is 4.79 Å². The molecule has 2 aliphatic rings. The van der Waals surface area contributed by atoms with Crippen LogP contribution in [0.25, 0.3) is 10.9 Å². The predicted octanol–water partition coefficient (Wildman–Crippen LogP) is 3.88. The Morgan fingerprint density at radius 3 is 2.68 bits per heavy atom. The van der Waals surface area contributed by atoms with Crippen LogP contribution in [-0.4, -0.2) is 29.0 Å². The monoisotopic (exact) mass is 358 g/mol. The van der Waals surface area contributed by atoms with Crippen molar-refractivity contribution in [3.05, 3.63) is 29.0 Å². The van der Waals surface area contributed by atoms with Crippen molar-refractivity contribution < 1.29 is 4.79 Å². The Hall–Kier alpha value is -1.88. The van der Waals surface area contributed by atoms with Gasteiger partial charge in [-0.2, -0.15) is 0 Å². The third-order valence-electron chi connectivity index (χ3n) is 5.06. The first-order valence-corrected chi connectivity index (χ1v) is 9.57. The fourth-order valence-corrected chi connectivity index (χ4v) is 3.64. The number of hydrogen-bond acceptors (Lipinski definition) is 4. The fourth-order valence-electron chi connectivity index (χ4n) is 3.48. The van der Waals surface area contributed by atoms with Crippen LogP contribution >= 0.6 is 11.6 Å². The van der Waals surface area contributed by atoms with E-state index >= 15 is 0 Å². The lowest BCUT2D eigenvalue weighted by Gasteiger charge is -2.13. The summed E-state index contributed by atoms with van der Waals surface area (Å²) in [6.45, 7) is 1.25. The van der Waals surface area contributed by atoms with E-state index in [1.807, 2.05) is 18.2 Å². The van der Waals surface area contributed by atoms with Gasteiger partial charge in [0.25, 0.3) is 0 Å². The number of carbonyl (C=O) groups is 1. The zero-order valence-electron chi connectivity index (χ0n) is 14.2. The molecule has 0 bridgehead atoms. The van der Waals surface area contributed by atoms with Crippen LogP contribution in [0.4, 0.5) is 5.82 Å². The number of aromatic nitrogens is 2. The Balaban J connectivity index is 1.42. The summed E-state index contributed by atoms with van der Waals surface area (Å²) in [5.41, 5.74) is 0.877. The molecule has 0 aliphatic heterocycles. The summed E-state index contributed by atoms with van der Waals surface area (Å²) in [6, 6.07) is 5.70. The molecule has 25 heavy (non-hydrogen) atoms. The number of carbonyl (C=O) groups excluding carboxylic acids is 1. The highest BCUT2D eigenvalue weighted by atomic mass is 35.5. The molecule has 5 nitrogen and oxygen atoms in total. The van der Waals surface area contributed by atoms with Crippen molar-refractivity contribution in [3.8, 4) is 0 Å². The quantitative estimate of drug-likeness (QED) is 0.769. The number of amides is 1. The van der Waals surface area contributed by atoms with Crippen molar-refractivity contribution in [1.82, 2.24) is 15.3 Å². The lowest BCUT2D eigenvalue weighted by molar-refractivity contribution is -0.124. The van der Waals surface area contributed by atoms with Gasteiger partial charge in [-0.25, -0.2) is 9.97 Å². The number of fused-ring (bicyclic) bond motifs is 1. The van der Waals surface area contributed by atoms with Gasteiger partial charge < -0.3 is 10.6 Å². The molecular weight excluding hydrogens is 336 g/mol. The fraction of sp³-hybridized carbons (Fsp3) is 0.526. The number of benzene rings is 1. The maximum absolute atomic E-state index is 12.1. The first-order valence-electron chi connectivity index (χ1n) is 9.19. The van der Waals surface area contributed by atoms with Gasteiger partial charge in [-0.15, -0.1) is 0 Å². The number of halogens is 1. The normalized spacial score (nSPS) is 17.8. The molecule has 0 spiro atoms. The second-order valence-electron chi connectivity index (χ2n) is 7.07. The van der Waals surface area contributed by atoms with Crippen molar-refractivity contribution in [2.75, 3.05) is 18.4 Å². The molecule has 132 valence electrons. The highest BCUT2D eigenvalue weighted by Gasteiger charge is 2.27. The minimum absolute atomic E-state index is 0.192. The van der Waals surface area contributed by atoms with E-state index in [-0.39, 0.29) is 11.8 Å². The van der Waals surface area contributed by atoms with Gasteiger partial charge in [0.15, 0.2) is 0 Å². The van der Waals surface area contributed by atoms with Gasteiger partial charge >= 0.3 is 0 Å². The number of nitrogens with zero attached hydrogens (tertiary/aromatic N) is 2. The maximum atomic E-state index is 12.1. The molecule has 4 rings (SSSR count). The van der Waals surface area contributed by atoms with Gasteiger partial charge in [0.1, 0.15) is 11.6 Å². The molecule has 0 radical (unpaired) electrons. The number of anilines is 1. The van der Waals surface area contributed by atoms with Crippen LogP contribution in [0.1, 0.15) is 50.3 Å². The number of hydrogen-bond donors (Lipinski definition) is 2. The van der Waals surface area contributed by atoms with Crippen LogP contribution in [0, 0.1) is 5.92 Å². The lowest BCUT2D eigenvalue weighted by atomic mass is 10.1. The van der Waals surface area contributed by atoms with Crippen LogP contribution < -0.4 is 10.6 Å². The smallest absolute Gasteiger partial charge is 0.223 e. The van der Waals surface area contributed by atoms with Gasteiger partial charge in [-0.05, 0) is 43.9 Å². The maximum Gasteiger partial charge on any atom is 0.223 e. The molecule has 2 aliphatic carbocycles. The summed E-state index contributed by atoms with van der Waals surface area (Å²) >= 11 is 6.11. The van der Waals surface area contributed by atoms with Crippen LogP contribution in [-0.2, 0) is 4.79 Å². The van der Waals surface area contributed by atoms with E-state index < -0.39 is 0 Å². The molecule has 1 amide bonds. The molecule has 1 aromatic carbocycles. The van der Waals surface area contributed by atoms with Gasteiger partial charge in [0.05, 0.1) is 5.52 Å². The summed E-state index contributed by atoms with van der Waals surface area (Å²) in [7, 11) is 0. The van der Waals surface area contributed by atoms with Crippen LogP contribution in [0.15, 0.2) is 18.2 Å². The molecule has 2 fully saturated rings. The number of nitrogens with one attached hydrogen (secondary N) is 2. The van der Waals surface area contributed by atoms with E-state index in [2.05, 4.69) is 15.6 Å². The van der Waals surface area contributed by atoms with Gasteiger partial charge in [-0.1, -0.05) is 24.4 Å². The van der Waals surface area contributed by atoms with Crippen molar-refractivity contribution in [3.63, 3.8) is 0 Å². The van der Waals surface area contributed by atoms with Crippen LogP contribution in [0.3, 0.4) is 0 Å². The average Bonchev–Trinajstić information content (AvgIpc) is 3.32. The molecule has 2 aromatic rings. The largest absolute Gasteiger partial charge is 0.368 e. The summed E-state index contributed by atoms with van der Waals surface area (Å²) in [5.74, 6) is 2.61. The molecular formula is C19H23ClN4O. The molecule has 0 atom stereocenters. The Morgan fingerprint density at radius 2 is 1.92 bits per heavy atom. The molecule has 2 saturated carbocycles. The van der Waals surface area contributed by atoms with Crippen molar-refractivity contribution in [2.24, 2.45) is 5.92 Å². The second kappa shape index (κ2) is 7.16. The first-order chi connectivity index (χ1) is 12.2. The Morgan fingerprint density at radius 1 is 1.12 bits per heavy atom. The third-order valence-corrected chi connectivity index (χ3v) is 5.30. The van der Waals surface area contributed by atoms with Crippen LogP contribution in [0.2, 0.25) is 5.02 Å². The first kappa shape index (κ1) is 16.6. The zero-order valence-corrected chi connectivity index (χ0v) is 15.0. The summed E-state index contributed by atoms with van der Waals surface area (Å²) in [4.78, 5) is 21.4. The Bertz CT molecular complexity index is 784. The minimum Gasteiger partial charge on any atom is -0.368 e. The SMILES string of the molecule is O=C(NCCNc1nc(C2CC2)nc2cc(Cl)ccc12)C1CCCC1. The molecule has 1 aromatic heterocycles. The minimum atomic E-state index is 0.192. The van der Waals surface area contributed by atoms with E-state index in [1.54, 1.807) is 0 Å². The standard InChI is InChI=1S/C19H23ClN4O/c20-14-7-8-15-16(11-14)23-17(12-5-6-12)24-18(15)21-9-10-22-19(25)13-3-1-2-4-13/h7-8,11-13H,1-6,9-10H2,(H,22,25)(H,21,23,24). The number of rotatable bonds is 6. The van der Waals surface area contributed by atoms with E-state index in [0.29, 0.717) is 24.0 Å². The van der Waals surface area contributed by atoms with Crippen molar-refractivity contribution in [1.29, 1.82) is 0 Å². The third kappa shape index (κ3) is 3.87. The Kier molecular flexibility index (Phi) is 4.75. The average molecular weight is 359 g/mol. The highest BCUT2D eigenvalue weighted by molar-refractivity contribution is 6.31. The van der Waals surface area contributed by atoms with E-state index in [9.17, 15) is 4.79 Å². The molecule has 1 heterocycles. The molecule has 0 saturated heterocycles. The van der Waals surface area contributed by atoms with E-state index in [1.165, 1.54) is 12.8 Å². The van der Waals surface area contributed by atoms with Crippen molar-refractivity contribution in [2.45, 2.75) is 44.4 Å². The van der Waals surface area contributed by atoms with Crippen LogP contribution in [0.5, 0.6) is 0 Å². The van der Waals surface area contributed by atoms with E-state index in [0.717, 1.165) is 48.2 Å². The Labute approximate surface area is 152 Å². The summed E-state index contributed by atoms with van der Waals surface area (Å²) in [5, 5.41) is 8.05. The lowest BCUT2D eigenvalue weighted by Crippen LogP contribution is -2.33. The zero-order chi connectivity index (χ0) is 17.2. The molecule has 2 N–H and O–H groups in total. The highest BCUT2D eigenvalue weighted by Crippen LogP contribution is 2.39.